The summed E-state index contributed by atoms with van der Waals surface area (Å²) in [7, 11) is 1.82. The molecular weight excluding hydrogens is 408 g/mol. The molecule has 8 nitrogen and oxygen atoms in total. The number of guanidine groups is 1. The van der Waals surface area contributed by atoms with Crippen molar-refractivity contribution in [1.82, 2.24) is 15.1 Å². The molecule has 2 aromatic carbocycles. The van der Waals surface area contributed by atoms with Gasteiger partial charge in [0.2, 0.25) is 6.79 Å². The highest BCUT2D eigenvalue weighted by molar-refractivity contribution is 5.80. The summed E-state index contributed by atoms with van der Waals surface area (Å²) in [5.41, 5.74) is 1.34. The summed E-state index contributed by atoms with van der Waals surface area (Å²) in [4.78, 5) is 9.33. The molecule has 0 spiro atoms. The van der Waals surface area contributed by atoms with Crippen LogP contribution in [0.25, 0.3) is 0 Å². The Morgan fingerprint density at radius 1 is 1.12 bits per heavy atom. The molecule has 0 aromatic heterocycles. The number of nitrogens with zero attached hydrogens (tertiary/aromatic N) is 3. The molecule has 0 bridgehead atoms. The second kappa shape index (κ2) is 9.67. The Labute approximate surface area is 188 Å². The van der Waals surface area contributed by atoms with Crippen LogP contribution in [0.5, 0.6) is 17.2 Å². The minimum absolute atomic E-state index is 0.205. The van der Waals surface area contributed by atoms with Crippen molar-refractivity contribution in [3.8, 4) is 17.2 Å². The molecule has 1 N–H and O–H groups in total. The van der Waals surface area contributed by atoms with E-state index in [-0.39, 0.29) is 12.9 Å². The predicted molar refractivity (Wildman–Crippen MR) is 121 cm³/mol. The van der Waals surface area contributed by atoms with Crippen molar-refractivity contribution in [3.05, 3.63) is 54.1 Å². The molecular formula is C24H30N4O4. The van der Waals surface area contributed by atoms with Gasteiger partial charge in [-0.2, -0.15) is 0 Å². The average Bonchev–Trinajstić information content (AvgIpc) is 3.47. The maximum atomic E-state index is 6.10. The van der Waals surface area contributed by atoms with Gasteiger partial charge in [0.1, 0.15) is 12.4 Å². The van der Waals surface area contributed by atoms with Crippen LogP contribution >= 0.6 is 0 Å². The quantitative estimate of drug-likeness (QED) is 0.420. The number of rotatable bonds is 6. The average molecular weight is 439 g/mol. The van der Waals surface area contributed by atoms with Crippen LogP contribution in [0, 0.1) is 0 Å². The van der Waals surface area contributed by atoms with Crippen molar-refractivity contribution in [2.24, 2.45) is 4.99 Å². The first-order valence-electron chi connectivity index (χ1n) is 11.2. The van der Waals surface area contributed by atoms with Gasteiger partial charge in [-0.25, -0.2) is 0 Å². The van der Waals surface area contributed by atoms with E-state index in [9.17, 15) is 0 Å². The minimum Gasteiger partial charge on any atom is -0.492 e. The zero-order chi connectivity index (χ0) is 21.8. The van der Waals surface area contributed by atoms with Gasteiger partial charge in [0.25, 0.3) is 0 Å². The van der Waals surface area contributed by atoms with Gasteiger partial charge in [0.05, 0.1) is 25.3 Å². The van der Waals surface area contributed by atoms with Crippen molar-refractivity contribution < 1.29 is 18.9 Å². The molecule has 3 aliphatic rings. The second-order valence-electron chi connectivity index (χ2n) is 8.18. The number of nitrogens with one attached hydrogen (secondary N) is 1. The molecule has 0 radical (unpaired) electrons. The van der Waals surface area contributed by atoms with Gasteiger partial charge < -0.3 is 29.2 Å². The molecule has 2 saturated heterocycles. The summed E-state index contributed by atoms with van der Waals surface area (Å²) in [6, 6.07) is 16.7. The van der Waals surface area contributed by atoms with Crippen molar-refractivity contribution in [3.63, 3.8) is 0 Å². The molecule has 2 aromatic rings. The lowest BCUT2D eigenvalue weighted by atomic mass is 10.1. The number of hydrogen-bond acceptors (Lipinski definition) is 6. The summed E-state index contributed by atoms with van der Waals surface area (Å²) in [5, 5.41) is 3.43. The SMILES string of the molecule is CN=C(NCCOc1ccc2c(c1)OCO2)N1CC2OCCN(Cc3ccccc3)C2C1. The van der Waals surface area contributed by atoms with E-state index in [1.165, 1.54) is 5.56 Å². The molecule has 8 heteroatoms. The fraction of sp³-hybridized carbons (Fsp3) is 0.458. The topological polar surface area (TPSA) is 67.8 Å². The molecule has 0 amide bonds. The molecule has 3 heterocycles. The summed E-state index contributed by atoms with van der Waals surface area (Å²) < 4.78 is 22.7. The van der Waals surface area contributed by atoms with Gasteiger partial charge in [-0.15, -0.1) is 0 Å². The van der Waals surface area contributed by atoms with E-state index in [0.717, 1.165) is 56.0 Å². The van der Waals surface area contributed by atoms with Crippen molar-refractivity contribution in [2.45, 2.75) is 18.7 Å². The van der Waals surface area contributed by atoms with Crippen LogP contribution in [0.1, 0.15) is 5.56 Å². The number of ether oxygens (including phenoxy) is 4. The van der Waals surface area contributed by atoms with Crippen LogP contribution in [0.4, 0.5) is 0 Å². The van der Waals surface area contributed by atoms with Gasteiger partial charge in [-0.05, 0) is 17.7 Å². The molecule has 32 heavy (non-hydrogen) atoms. The second-order valence-corrected chi connectivity index (χ2v) is 8.18. The number of hydrogen-bond donors (Lipinski definition) is 1. The molecule has 3 aliphatic heterocycles. The van der Waals surface area contributed by atoms with E-state index in [1.807, 2.05) is 25.2 Å². The largest absolute Gasteiger partial charge is 0.492 e. The van der Waals surface area contributed by atoms with Crippen LogP contribution in [-0.2, 0) is 11.3 Å². The summed E-state index contributed by atoms with van der Waals surface area (Å²) in [6.07, 6.45) is 0.205. The lowest BCUT2D eigenvalue weighted by molar-refractivity contribution is -0.0502. The third kappa shape index (κ3) is 4.61. The number of likely N-dealkylation sites (tertiary alicyclic amines) is 1. The van der Waals surface area contributed by atoms with Crippen LogP contribution in [0.15, 0.2) is 53.5 Å². The highest BCUT2D eigenvalue weighted by Crippen LogP contribution is 2.35. The highest BCUT2D eigenvalue weighted by Gasteiger charge is 2.41. The van der Waals surface area contributed by atoms with Crippen LogP contribution in [-0.4, -0.2) is 81.1 Å². The van der Waals surface area contributed by atoms with Crippen molar-refractivity contribution in [2.75, 3.05) is 53.2 Å². The van der Waals surface area contributed by atoms with E-state index < -0.39 is 0 Å². The van der Waals surface area contributed by atoms with Gasteiger partial charge in [0, 0.05) is 39.3 Å². The standard InChI is InChI=1S/C24H30N4O4/c1-25-24(26-9-11-29-19-7-8-21-22(13-19)32-17-31-21)28-15-20-23(16-28)30-12-10-27(20)14-18-5-3-2-4-6-18/h2-8,13,20,23H,9-12,14-17H2,1H3,(H,25,26). The van der Waals surface area contributed by atoms with Crippen LogP contribution < -0.4 is 19.5 Å². The fourth-order valence-corrected chi connectivity index (χ4v) is 4.58. The summed E-state index contributed by atoms with van der Waals surface area (Å²) in [5.74, 6) is 3.14. The Morgan fingerprint density at radius 3 is 2.88 bits per heavy atom. The zero-order valence-corrected chi connectivity index (χ0v) is 18.4. The van der Waals surface area contributed by atoms with E-state index in [1.54, 1.807) is 0 Å². The first-order valence-corrected chi connectivity index (χ1v) is 11.2. The normalized spacial score (nSPS) is 22.7. The van der Waals surface area contributed by atoms with Crippen LogP contribution in [0.2, 0.25) is 0 Å². The maximum Gasteiger partial charge on any atom is 0.231 e. The number of morpholine rings is 1. The van der Waals surface area contributed by atoms with E-state index in [0.29, 0.717) is 19.2 Å². The van der Waals surface area contributed by atoms with Gasteiger partial charge in [0.15, 0.2) is 17.5 Å². The monoisotopic (exact) mass is 438 g/mol. The van der Waals surface area contributed by atoms with Crippen LogP contribution in [0.3, 0.4) is 0 Å². The summed E-state index contributed by atoms with van der Waals surface area (Å²) >= 11 is 0. The first-order chi connectivity index (χ1) is 15.8. The molecule has 2 unspecified atom stereocenters. The molecule has 2 fully saturated rings. The Hall–Kier alpha value is -2.97. The molecule has 2 atom stereocenters. The zero-order valence-electron chi connectivity index (χ0n) is 18.4. The van der Waals surface area contributed by atoms with Crippen molar-refractivity contribution >= 4 is 5.96 Å². The highest BCUT2D eigenvalue weighted by atomic mass is 16.7. The first kappa shape index (κ1) is 20.9. The smallest absolute Gasteiger partial charge is 0.231 e. The Kier molecular flexibility index (Phi) is 6.31. The molecule has 170 valence electrons. The Morgan fingerprint density at radius 2 is 2.00 bits per heavy atom. The minimum atomic E-state index is 0.205. The third-order valence-electron chi connectivity index (χ3n) is 6.15. The van der Waals surface area contributed by atoms with E-state index >= 15 is 0 Å². The lowest BCUT2D eigenvalue weighted by Crippen LogP contribution is -2.50. The maximum absolute atomic E-state index is 6.10. The fourth-order valence-electron chi connectivity index (χ4n) is 4.58. The van der Waals surface area contributed by atoms with E-state index in [2.05, 4.69) is 50.4 Å². The predicted octanol–water partition coefficient (Wildman–Crippen LogP) is 1.95. The van der Waals surface area contributed by atoms with Crippen molar-refractivity contribution in [1.29, 1.82) is 0 Å². The summed E-state index contributed by atoms with van der Waals surface area (Å²) in [6.45, 7) is 5.88. The Balaban J connectivity index is 1.12. The number of fused-ring (bicyclic) bond motifs is 2. The third-order valence-corrected chi connectivity index (χ3v) is 6.15. The van der Waals surface area contributed by atoms with Gasteiger partial charge in [-0.3, -0.25) is 9.89 Å². The molecule has 0 saturated carbocycles. The lowest BCUT2D eigenvalue weighted by Gasteiger charge is -2.36. The van der Waals surface area contributed by atoms with Gasteiger partial charge >= 0.3 is 0 Å². The molecule has 5 rings (SSSR count). The van der Waals surface area contributed by atoms with Gasteiger partial charge in [-0.1, -0.05) is 30.3 Å². The Bertz CT molecular complexity index is 939. The number of benzene rings is 2. The molecule has 0 aliphatic carbocycles. The van der Waals surface area contributed by atoms with E-state index in [4.69, 9.17) is 18.9 Å². The number of aliphatic imine (C=N–C) groups is 1.